The predicted molar refractivity (Wildman–Crippen MR) is 114 cm³/mol. The number of anilines is 1. The van der Waals surface area contributed by atoms with Crippen molar-refractivity contribution in [3.8, 4) is 0 Å². The monoisotopic (exact) mass is 395 g/mol. The summed E-state index contributed by atoms with van der Waals surface area (Å²) in [7, 11) is 0. The molecule has 3 amide bonds. The van der Waals surface area contributed by atoms with Crippen LogP contribution in [0.2, 0.25) is 0 Å². The van der Waals surface area contributed by atoms with Crippen LogP contribution in [0.15, 0.2) is 42.5 Å². The number of carbonyl (C=O) groups is 2. The van der Waals surface area contributed by atoms with E-state index in [1.807, 2.05) is 37.3 Å². The van der Waals surface area contributed by atoms with Gasteiger partial charge >= 0.3 is 6.03 Å². The van der Waals surface area contributed by atoms with Crippen molar-refractivity contribution in [3.63, 3.8) is 0 Å². The first-order valence-corrected chi connectivity index (χ1v) is 10.2. The van der Waals surface area contributed by atoms with Crippen molar-refractivity contribution in [2.75, 3.05) is 11.9 Å². The molecule has 0 unspecified atom stereocenters. The molecule has 0 aromatic heterocycles. The summed E-state index contributed by atoms with van der Waals surface area (Å²) in [5.41, 5.74) is 4.17. The third kappa shape index (κ3) is 6.32. The van der Waals surface area contributed by atoms with Crippen molar-refractivity contribution in [2.24, 2.45) is 0 Å². The Morgan fingerprint density at radius 2 is 1.86 bits per heavy atom. The molecular formula is C23H29N3O3. The van der Waals surface area contributed by atoms with E-state index < -0.39 is 0 Å². The van der Waals surface area contributed by atoms with Gasteiger partial charge in [-0.1, -0.05) is 37.3 Å². The average molecular weight is 396 g/mol. The number of urea groups is 1. The fourth-order valence-electron chi connectivity index (χ4n) is 2.93. The normalized spacial score (nSPS) is 13.0. The minimum Gasteiger partial charge on any atom is -0.377 e. The van der Waals surface area contributed by atoms with Crippen LogP contribution in [0, 0.1) is 6.92 Å². The molecule has 0 bridgehead atoms. The smallest absolute Gasteiger partial charge is 0.319 e. The van der Waals surface area contributed by atoms with Gasteiger partial charge in [0.15, 0.2) is 0 Å². The lowest BCUT2D eigenvalue weighted by Gasteiger charge is -2.13. The third-order valence-electron chi connectivity index (χ3n) is 4.82. The maximum absolute atomic E-state index is 12.4. The summed E-state index contributed by atoms with van der Waals surface area (Å²) in [6.07, 6.45) is 3.05. The number of benzene rings is 2. The molecule has 0 heterocycles. The van der Waals surface area contributed by atoms with Gasteiger partial charge in [0.1, 0.15) is 0 Å². The molecule has 0 saturated heterocycles. The zero-order valence-corrected chi connectivity index (χ0v) is 17.1. The molecule has 0 radical (unpaired) electrons. The van der Waals surface area contributed by atoms with Gasteiger partial charge in [-0.25, -0.2) is 4.79 Å². The first-order valence-electron chi connectivity index (χ1n) is 10.2. The zero-order valence-electron chi connectivity index (χ0n) is 17.1. The molecule has 1 aliphatic carbocycles. The van der Waals surface area contributed by atoms with Gasteiger partial charge in [-0.2, -0.15) is 0 Å². The van der Waals surface area contributed by atoms with Crippen LogP contribution in [0.25, 0.3) is 0 Å². The van der Waals surface area contributed by atoms with Gasteiger partial charge in [-0.3, -0.25) is 4.79 Å². The van der Waals surface area contributed by atoms with Crippen LogP contribution >= 0.6 is 0 Å². The topological polar surface area (TPSA) is 79.5 Å². The Labute approximate surface area is 172 Å². The van der Waals surface area contributed by atoms with Gasteiger partial charge in [0.2, 0.25) is 0 Å². The number of hydrogen-bond donors (Lipinski definition) is 3. The van der Waals surface area contributed by atoms with Gasteiger partial charge in [0, 0.05) is 30.4 Å². The highest BCUT2D eigenvalue weighted by molar-refractivity contribution is 5.97. The van der Waals surface area contributed by atoms with E-state index in [4.69, 9.17) is 4.74 Å². The second kappa shape index (κ2) is 10.1. The van der Waals surface area contributed by atoms with Gasteiger partial charge in [0.25, 0.3) is 5.91 Å². The van der Waals surface area contributed by atoms with Gasteiger partial charge < -0.3 is 20.7 Å². The standard InChI is InChI=1S/C23H29N3O3/c1-3-12-29-15-19-7-5-4-6-18(19)14-24-23(28)26-21-13-17(9-8-16(21)2)22(27)25-20-10-11-20/h4-9,13,20H,3,10-12,14-15H2,1-2H3,(H,25,27)(H2,24,26,28). The summed E-state index contributed by atoms with van der Waals surface area (Å²) in [6.45, 7) is 5.62. The lowest BCUT2D eigenvalue weighted by Crippen LogP contribution is -2.29. The third-order valence-corrected chi connectivity index (χ3v) is 4.82. The van der Waals surface area contributed by atoms with Gasteiger partial charge in [-0.05, 0) is 55.0 Å². The zero-order chi connectivity index (χ0) is 20.6. The summed E-state index contributed by atoms with van der Waals surface area (Å²) < 4.78 is 5.63. The van der Waals surface area contributed by atoms with Crippen LogP contribution in [-0.4, -0.2) is 24.6 Å². The highest BCUT2D eigenvalue weighted by Gasteiger charge is 2.24. The molecule has 1 aliphatic rings. The van der Waals surface area contributed by atoms with Crippen LogP contribution < -0.4 is 16.0 Å². The van der Waals surface area contributed by atoms with E-state index in [9.17, 15) is 9.59 Å². The molecule has 1 fully saturated rings. The van der Waals surface area contributed by atoms with Gasteiger partial charge in [0.05, 0.1) is 6.61 Å². The van der Waals surface area contributed by atoms with Crippen molar-refractivity contribution in [3.05, 3.63) is 64.7 Å². The maximum Gasteiger partial charge on any atom is 0.319 e. The second-order valence-electron chi connectivity index (χ2n) is 7.41. The van der Waals surface area contributed by atoms with E-state index in [1.54, 1.807) is 12.1 Å². The number of carbonyl (C=O) groups excluding carboxylic acids is 2. The Bertz CT molecular complexity index is 862. The van der Waals surface area contributed by atoms with Crippen molar-refractivity contribution >= 4 is 17.6 Å². The van der Waals surface area contributed by atoms with Crippen molar-refractivity contribution < 1.29 is 14.3 Å². The minimum absolute atomic E-state index is 0.100. The largest absolute Gasteiger partial charge is 0.377 e. The molecule has 0 atom stereocenters. The van der Waals surface area contributed by atoms with Crippen molar-refractivity contribution in [2.45, 2.75) is 52.3 Å². The highest BCUT2D eigenvalue weighted by atomic mass is 16.5. The van der Waals surface area contributed by atoms with E-state index in [1.165, 1.54) is 0 Å². The van der Waals surface area contributed by atoms with Crippen LogP contribution in [-0.2, 0) is 17.9 Å². The first kappa shape index (κ1) is 20.9. The summed E-state index contributed by atoms with van der Waals surface area (Å²) in [6, 6.07) is 13.2. The van der Waals surface area contributed by atoms with Crippen molar-refractivity contribution in [1.29, 1.82) is 0 Å². The van der Waals surface area contributed by atoms with Crippen LogP contribution in [0.4, 0.5) is 10.5 Å². The maximum atomic E-state index is 12.4. The Morgan fingerprint density at radius 1 is 1.10 bits per heavy atom. The lowest BCUT2D eigenvalue weighted by atomic mass is 10.1. The summed E-state index contributed by atoms with van der Waals surface area (Å²) in [4.78, 5) is 24.7. The van der Waals surface area contributed by atoms with E-state index in [2.05, 4.69) is 22.9 Å². The number of rotatable bonds is 9. The predicted octanol–water partition coefficient (Wildman–Crippen LogP) is 4.14. The van der Waals surface area contributed by atoms with Crippen molar-refractivity contribution in [1.82, 2.24) is 10.6 Å². The molecule has 6 heteroatoms. The van der Waals surface area contributed by atoms with Crippen LogP contribution in [0.3, 0.4) is 0 Å². The Morgan fingerprint density at radius 3 is 2.59 bits per heavy atom. The molecular weight excluding hydrogens is 366 g/mol. The SMILES string of the molecule is CCCOCc1ccccc1CNC(=O)Nc1cc(C(=O)NC2CC2)ccc1C. The molecule has 2 aromatic rings. The fourth-order valence-corrected chi connectivity index (χ4v) is 2.93. The van der Waals surface area contributed by atoms with E-state index >= 15 is 0 Å². The number of amides is 3. The van der Waals surface area contributed by atoms with Crippen LogP contribution in [0.5, 0.6) is 0 Å². The van der Waals surface area contributed by atoms with E-state index in [0.717, 1.165) is 36.0 Å². The molecule has 154 valence electrons. The molecule has 0 aliphatic heterocycles. The first-order chi connectivity index (χ1) is 14.1. The number of ether oxygens (including phenoxy) is 1. The Kier molecular flexibility index (Phi) is 7.25. The highest BCUT2D eigenvalue weighted by Crippen LogP contribution is 2.21. The number of aryl methyl sites for hydroxylation is 1. The molecule has 2 aromatic carbocycles. The Hall–Kier alpha value is -2.86. The summed E-state index contributed by atoms with van der Waals surface area (Å²) in [5.74, 6) is -0.100. The molecule has 29 heavy (non-hydrogen) atoms. The molecule has 3 rings (SSSR count). The average Bonchev–Trinajstić information content (AvgIpc) is 3.53. The van der Waals surface area contributed by atoms with E-state index in [0.29, 0.717) is 37.1 Å². The molecule has 1 saturated carbocycles. The lowest BCUT2D eigenvalue weighted by molar-refractivity contribution is 0.0951. The molecule has 6 nitrogen and oxygen atoms in total. The van der Waals surface area contributed by atoms with Crippen LogP contribution in [0.1, 0.15) is 53.2 Å². The van der Waals surface area contributed by atoms with Gasteiger partial charge in [-0.15, -0.1) is 0 Å². The molecule has 3 N–H and O–H groups in total. The molecule has 0 spiro atoms. The number of hydrogen-bond acceptors (Lipinski definition) is 3. The second-order valence-corrected chi connectivity index (χ2v) is 7.41. The van der Waals surface area contributed by atoms with E-state index in [-0.39, 0.29) is 11.9 Å². The minimum atomic E-state index is -0.308. The quantitative estimate of drug-likeness (QED) is 0.559. The Balaban J connectivity index is 1.57. The summed E-state index contributed by atoms with van der Waals surface area (Å²) in [5, 5.41) is 8.71. The number of nitrogens with one attached hydrogen (secondary N) is 3. The fraction of sp³-hybridized carbons (Fsp3) is 0.391. The summed E-state index contributed by atoms with van der Waals surface area (Å²) >= 11 is 0.